The van der Waals surface area contributed by atoms with E-state index in [1.54, 1.807) is 25.3 Å². The number of benzene rings is 1. The fourth-order valence-corrected chi connectivity index (χ4v) is 1.52. The minimum Gasteiger partial charge on any atom is -0.496 e. The molecule has 0 saturated carbocycles. The zero-order chi connectivity index (χ0) is 15.0. The number of rotatable bonds is 8. The molecule has 0 aliphatic carbocycles. The fourth-order valence-electron chi connectivity index (χ4n) is 1.52. The van der Waals surface area contributed by atoms with E-state index in [2.05, 4.69) is 0 Å². The number of carbonyl (C=O) groups is 1. The van der Waals surface area contributed by atoms with Crippen LogP contribution in [0, 0.1) is 0 Å². The predicted molar refractivity (Wildman–Crippen MR) is 72.0 cm³/mol. The van der Waals surface area contributed by atoms with Gasteiger partial charge in [-0.2, -0.15) is 4.89 Å². The molecule has 0 aliphatic heterocycles. The maximum absolute atomic E-state index is 12.0. The summed E-state index contributed by atoms with van der Waals surface area (Å²) in [5.74, 6) is 0.0655. The highest BCUT2D eigenvalue weighted by molar-refractivity contribution is 5.95. The van der Waals surface area contributed by atoms with E-state index in [1.165, 1.54) is 14.2 Å². The molecule has 1 rings (SSSR count). The molecule has 0 radical (unpaired) electrons. The molecule has 0 heterocycles. The van der Waals surface area contributed by atoms with Crippen molar-refractivity contribution in [2.75, 3.05) is 27.9 Å². The molecule has 1 unspecified atom stereocenters. The first-order chi connectivity index (χ1) is 9.63. The number of carbonyl (C=O) groups excluding carboxylic acids is 1. The van der Waals surface area contributed by atoms with Gasteiger partial charge in [-0.25, -0.2) is 4.79 Å². The van der Waals surface area contributed by atoms with Crippen LogP contribution < -0.4 is 9.47 Å². The van der Waals surface area contributed by atoms with Crippen molar-refractivity contribution in [3.05, 3.63) is 23.8 Å². The highest BCUT2D eigenvalue weighted by atomic mass is 17.2. The summed E-state index contributed by atoms with van der Waals surface area (Å²) in [6, 6.07) is 5.01. The maximum Gasteiger partial charge on any atom is 0.380 e. The van der Waals surface area contributed by atoms with Crippen LogP contribution in [0.4, 0.5) is 0 Å². The third-order valence-corrected chi connectivity index (χ3v) is 2.78. The average molecular weight is 284 g/mol. The lowest BCUT2D eigenvalue weighted by molar-refractivity contribution is -0.244. The third-order valence-electron chi connectivity index (χ3n) is 2.78. The van der Waals surface area contributed by atoms with Gasteiger partial charge in [0.25, 0.3) is 0 Å². The van der Waals surface area contributed by atoms with E-state index in [4.69, 9.17) is 24.0 Å². The molecule has 0 spiro atoms. The molecule has 0 aromatic heterocycles. The largest absolute Gasteiger partial charge is 0.496 e. The van der Waals surface area contributed by atoms with Crippen LogP contribution in [0.1, 0.15) is 23.7 Å². The molecule has 0 amide bonds. The van der Waals surface area contributed by atoms with Gasteiger partial charge >= 0.3 is 5.97 Å². The Morgan fingerprint density at radius 3 is 2.25 bits per heavy atom. The van der Waals surface area contributed by atoms with Crippen molar-refractivity contribution in [3.63, 3.8) is 0 Å². The fraction of sp³-hybridized carbons (Fsp3) is 0.500. The van der Waals surface area contributed by atoms with Crippen molar-refractivity contribution in [2.24, 2.45) is 0 Å². The van der Waals surface area contributed by atoms with E-state index in [0.29, 0.717) is 17.9 Å². The van der Waals surface area contributed by atoms with Gasteiger partial charge in [0.15, 0.2) is 0 Å². The number of hydrogen-bond acceptors (Lipinski definition) is 6. The van der Waals surface area contributed by atoms with Crippen LogP contribution in [0.25, 0.3) is 0 Å². The van der Waals surface area contributed by atoms with E-state index < -0.39 is 5.97 Å². The normalized spacial score (nSPS) is 11.8. The molecular formula is C14H20O6. The standard InChI is InChI=1S/C14H20O6/c1-10(16-2)8-9-19-20-14(15)13-11(17-3)6-5-7-12(13)18-4/h5-7,10H,8-9H2,1-4H3. The number of hydrogen-bond donors (Lipinski definition) is 0. The Morgan fingerprint density at radius 2 is 1.75 bits per heavy atom. The summed E-state index contributed by atoms with van der Waals surface area (Å²) in [5, 5.41) is 0. The number of methoxy groups -OCH3 is 3. The smallest absolute Gasteiger partial charge is 0.380 e. The van der Waals surface area contributed by atoms with Gasteiger partial charge in [-0.15, -0.1) is 0 Å². The van der Waals surface area contributed by atoms with Gasteiger partial charge in [-0.1, -0.05) is 6.07 Å². The van der Waals surface area contributed by atoms with Crippen molar-refractivity contribution < 1.29 is 28.8 Å². The Labute approximate surface area is 118 Å². The molecule has 112 valence electrons. The predicted octanol–water partition coefficient (Wildman–Crippen LogP) is 2.22. The minimum absolute atomic E-state index is 0.0366. The van der Waals surface area contributed by atoms with Crippen molar-refractivity contribution in [3.8, 4) is 11.5 Å². The Kier molecular flexibility index (Phi) is 6.83. The lowest BCUT2D eigenvalue weighted by atomic mass is 10.2. The summed E-state index contributed by atoms with van der Waals surface area (Å²) < 4.78 is 15.3. The Bertz CT molecular complexity index is 409. The zero-order valence-electron chi connectivity index (χ0n) is 12.2. The van der Waals surface area contributed by atoms with E-state index in [-0.39, 0.29) is 18.3 Å². The summed E-state index contributed by atoms with van der Waals surface area (Å²) in [6.07, 6.45) is 0.654. The van der Waals surface area contributed by atoms with Gasteiger partial charge in [-0.3, -0.25) is 4.89 Å². The molecule has 0 saturated heterocycles. The van der Waals surface area contributed by atoms with E-state index in [9.17, 15) is 4.79 Å². The van der Waals surface area contributed by atoms with Gasteiger partial charge in [0, 0.05) is 13.5 Å². The third kappa shape index (κ3) is 4.40. The minimum atomic E-state index is -0.663. The number of ether oxygens (including phenoxy) is 3. The van der Waals surface area contributed by atoms with Crippen LogP contribution in [-0.4, -0.2) is 40.0 Å². The van der Waals surface area contributed by atoms with Crippen LogP contribution >= 0.6 is 0 Å². The van der Waals surface area contributed by atoms with Crippen molar-refractivity contribution >= 4 is 5.97 Å². The SMILES string of the molecule is COc1cccc(OC)c1C(=O)OOCCC(C)OC. The van der Waals surface area contributed by atoms with Gasteiger partial charge in [-0.05, 0) is 19.1 Å². The quantitative estimate of drug-likeness (QED) is 0.414. The van der Waals surface area contributed by atoms with Crippen LogP contribution in [0.2, 0.25) is 0 Å². The molecule has 6 nitrogen and oxygen atoms in total. The lowest BCUT2D eigenvalue weighted by Crippen LogP contribution is -2.13. The molecule has 1 aromatic rings. The Balaban J connectivity index is 2.63. The summed E-state index contributed by atoms with van der Waals surface area (Å²) in [7, 11) is 4.54. The molecule has 6 heteroatoms. The molecule has 0 fully saturated rings. The second-order valence-electron chi connectivity index (χ2n) is 4.07. The monoisotopic (exact) mass is 284 g/mol. The van der Waals surface area contributed by atoms with Crippen molar-refractivity contribution in [2.45, 2.75) is 19.4 Å². The molecule has 0 bridgehead atoms. The first kappa shape index (κ1) is 16.3. The molecule has 1 atom stereocenters. The van der Waals surface area contributed by atoms with Crippen LogP contribution in [0.5, 0.6) is 11.5 Å². The molecule has 1 aromatic carbocycles. The molecule has 0 N–H and O–H groups in total. The van der Waals surface area contributed by atoms with Gasteiger partial charge in [0.2, 0.25) is 0 Å². The van der Waals surface area contributed by atoms with E-state index in [1.807, 2.05) is 6.92 Å². The topological polar surface area (TPSA) is 63.2 Å². The zero-order valence-corrected chi connectivity index (χ0v) is 12.2. The first-order valence-corrected chi connectivity index (χ1v) is 6.21. The van der Waals surface area contributed by atoms with E-state index in [0.717, 1.165) is 0 Å². The lowest BCUT2D eigenvalue weighted by Gasteiger charge is -2.12. The molecule has 20 heavy (non-hydrogen) atoms. The second-order valence-corrected chi connectivity index (χ2v) is 4.07. The highest BCUT2D eigenvalue weighted by Gasteiger charge is 2.20. The maximum atomic E-state index is 12.0. The highest BCUT2D eigenvalue weighted by Crippen LogP contribution is 2.28. The van der Waals surface area contributed by atoms with Crippen LogP contribution in [0.15, 0.2) is 18.2 Å². The van der Waals surface area contributed by atoms with Crippen molar-refractivity contribution in [1.29, 1.82) is 0 Å². The molecule has 0 aliphatic rings. The van der Waals surface area contributed by atoms with Gasteiger partial charge in [0.05, 0.1) is 26.9 Å². The van der Waals surface area contributed by atoms with E-state index >= 15 is 0 Å². The second kappa shape index (κ2) is 8.39. The van der Waals surface area contributed by atoms with Gasteiger partial charge < -0.3 is 14.2 Å². The van der Waals surface area contributed by atoms with Crippen molar-refractivity contribution in [1.82, 2.24) is 0 Å². The Morgan fingerprint density at radius 1 is 1.15 bits per heavy atom. The summed E-state index contributed by atoms with van der Waals surface area (Å²) in [6.45, 7) is 2.15. The Hall–Kier alpha value is -1.79. The van der Waals surface area contributed by atoms with Gasteiger partial charge in [0.1, 0.15) is 17.1 Å². The summed E-state index contributed by atoms with van der Waals surface area (Å²) in [4.78, 5) is 21.6. The molecular weight excluding hydrogens is 264 g/mol. The average Bonchev–Trinajstić information content (AvgIpc) is 2.49. The van der Waals surface area contributed by atoms with Crippen LogP contribution in [-0.2, 0) is 14.5 Å². The van der Waals surface area contributed by atoms with Crippen LogP contribution in [0.3, 0.4) is 0 Å². The first-order valence-electron chi connectivity index (χ1n) is 6.21. The summed E-state index contributed by atoms with van der Waals surface area (Å²) in [5.41, 5.74) is 0.192. The summed E-state index contributed by atoms with van der Waals surface area (Å²) >= 11 is 0.